The Morgan fingerprint density at radius 2 is 1.64 bits per heavy atom. The molecule has 66 valence electrons. The first-order chi connectivity index (χ1) is 5.10. The van der Waals surface area contributed by atoms with Crippen LogP contribution >= 0.6 is 8.25 Å². The number of hydrogen-bond acceptors (Lipinski definition) is 2. The van der Waals surface area contributed by atoms with Crippen LogP contribution in [0, 0.1) is 0 Å². The van der Waals surface area contributed by atoms with Crippen molar-refractivity contribution in [2.75, 3.05) is 0 Å². The number of hydrogen-bond donors (Lipinski definition) is 1. The largest absolute Gasteiger partial charge is 0.695 e. The molecule has 0 aromatic rings. The van der Waals surface area contributed by atoms with Gasteiger partial charge < -0.3 is 0 Å². The van der Waals surface area contributed by atoms with E-state index in [0.29, 0.717) is 0 Å². The van der Waals surface area contributed by atoms with Crippen molar-refractivity contribution in [2.45, 2.75) is 45.6 Å². The highest BCUT2D eigenvalue weighted by atomic mass is 31.1. The molecule has 0 rings (SSSR count). The molecule has 0 aliphatic heterocycles. The Kier molecular flexibility index (Phi) is 4.82. The standard InChI is InChI=1S/C7H15O3P/c1-4-7(5-2,6-3)10-11(8)9/h4-6H2,1-3H3/p+1. The normalized spacial score (nSPS) is 13.3. The SMILES string of the molecule is CCC(CC)(CC)O[P+](=O)O. The van der Waals surface area contributed by atoms with Crippen LogP contribution < -0.4 is 0 Å². The van der Waals surface area contributed by atoms with Crippen LogP contribution in [-0.4, -0.2) is 10.5 Å². The average molecular weight is 179 g/mol. The summed E-state index contributed by atoms with van der Waals surface area (Å²) in [6.07, 6.45) is 2.34. The van der Waals surface area contributed by atoms with Gasteiger partial charge in [0, 0.05) is 4.57 Å². The second-order valence-electron chi connectivity index (χ2n) is 2.57. The van der Waals surface area contributed by atoms with E-state index in [4.69, 9.17) is 9.42 Å². The van der Waals surface area contributed by atoms with E-state index in [0.717, 1.165) is 19.3 Å². The zero-order chi connectivity index (χ0) is 8.91. The van der Waals surface area contributed by atoms with E-state index in [-0.39, 0.29) is 5.60 Å². The maximum absolute atomic E-state index is 10.4. The van der Waals surface area contributed by atoms with Crippen molar-refractivity contribution in [3.05, 3.63) is 0 Å². The van der Waals surface area contributed by atoms with Gasteiger partial charge in [-0.2, -0.15) is 0 Å². The van der Waals surface area contributed by atoms with Crippen LogP contribution in [0.2, 0.25) is 0 Å². The van der Waals surface area contributed by atoms with Crippen molar-refractivity contribution in [3.63, 3.8) is 0 Å². The Morgan fingerprint density at radius 3 is 1.73 bits per heavy atom. The van der Waals surface area contributed by atoms with Crippen LogP contribution in [-0.2, 0) is 9.09 Å². The van der Waals surface area contributed by atoms with Gasteiger partial charge in [-0.05, 0) is 19.3 Å². The summed E-state index contributed by atoms with van der Waals surface area (Å²) in [6.45, 7) is 5.89. The van der Waals surface area contributed by atoms with Crippen LogP contribution in [0.15, 0.2) is 0 Å². The third kappa shape index (κ3) is 3.28. The average Bonchev–Trinajstić information content (AvgIpc) is 2.00. The summed E-state index contributed by atoms with van der Waals surface area (Å²) >= 11 is 0. The van der Waals surface area contributed by atoms with Gasteiger partial charge in [-0.1, -0.05) is 20.8 Å². The Morgan fingerprint density at radius 1 is 1.27 bits per heavy atom. The molecule has 1 unspecified atom stereocenters. The summed E-state index contributed by atoms with van der Waals surface area (Å²) in [7, 11) is -2.46. The monoisotopic (exact) mass is 179 g/mol. The highest BCUT2D eigenvalue weighted by Gasteiger charge is 2.35. The molecule has 0 radical (unpaired) electrons. The maximum atomic E-state index is 10.4. The summed E-state index contributed by atoms with van der Waals surface area (Å²) in [5, 5.41) is 0. The molecule has 4 heteroatoms. The Hall–Kier alpha value is 0.0200. The van der Waals surface area contributed by atoms with Crippen molar-refractivity contribution in [2.24, 2.45) is 0 Å². The summed E-state index contributed by atoms with van der Waals surface area (Å²) in [5.74, 6) is 0. The number of rotatable bonds is 5. The van der Waals surface area contributed by atoms with Gasteiger partial charge in [0.25, 0.3) is 0 Å². The summed E-state index contributed by atoms with van der Waals surface area (Å²) < 4.78 is 15.4. The van der Waals surface area contributed by atoms with Crippen molar-refractivity contribution in [1.29, 1.82) is 0 Å². The fourth-order valence-corrected chi connectivity index (χ4v) is 1.83. The Bertz CT molecular complexity index is 123. The molecule has 0 aromatic heterocycles. The lowest BCUT2D eigenvalue weighted by Crippen LogP contribution is -2.27. The van der Waals surface area contributed by atoms with Gasteiger partial charge in [-0.15, -0.1) is 9.42 Å². The molecule has 0 aliphatic rings. The lowest BCUT2D eigenvalue weighted by molar-refractivity contribution is 0.0527. The van der Waals surface area contributed by atoms with Gasteiger partial charge in [-0.25, -0.2) is 0 Å². The highest BCUT2D eigenvalue weighted by molar-refractivity contribution is 7.32. The molecule has 0 amide bonds. The highest BCUT2D eigenvalue weighted by Crippen LogP contribution is 2.33. The van der Waals surface area contributed by atoms with Gasteiger partial charge in [0.15, 0.2) is 0 Å². The lowest BCUT2D eigenvalue weighted by Gasteiger charge is -2.21. The minimum Gasteiger partial charge on any atom is -0.133 e. The van der Waals surface area contributed by atoms with Gasteiger partial charge in [0.05, 0.1) is 0 Å². The quantitative estimate of drug-likeness (QED) is 0.660. The van der Waals surface area contributed by atoms with Gasteiger partial charge >= 0.3 is 8.25 Å². The third-order valence-corrected chi connectivity index (χ3v) is 2.75. The molecular formula is C7H16O3P+. The molecule has 0 aromatic carbocycles. The maximum Gasteiger partial charge on any atom is 0.695 e. The van der Waals surface area contributed by atoms with E-state index in [2.05, 4.69) is 0 Å². The summed E-state index contributed by atoms with van der Waals surface area (Å²) in [6, 6.07) is 0. The molecule has 1 atom stereocenters. The Labute approximate surface area is 68.7 Å². The molecule has 0 aliphatic carbocycles. The van der Waals surface area contributed by atoms with E-state index in [1.54, 1.807) is 0 Å². The van der Waals surface area contributed by atoms with E-state index in [9.17, 15) is 4.57 Å². The van der Waals surface area contributed by atoms with Gasteiger partial charge in [-0.3, -0.25) is 0 Å². The van der Waals surface area contributed by atoms with Crippen molar-refractivity contribution >= 4 is 8.25 Å². The zero-order valence-corrected chi connectivity index (χ0v) is 8.23. The fraction of sp³-hybridized carbons (Fsp3) is 1.00. The van der Waals surface area contributed by atoms with E-state index in [1.165, 1.54) is 0 Å². The molecule has 0 saturated carbocycles. The molecule has 11 heavy (non-hydrogen) atoms. The molecule has 0 fully saturated rings. The van der Waals surface area contributed by atoms with Gasteiger partial charge in [0.1, 0.15) is 5.60 Å². The first-order valence-corrected chi connectivity index (χ1v) is 5.08. The third-order valence-electron chi connectivity index (χ3n) is 2.20. The van der Waals surface area contributed by atoms with E-state index >= 15 is 0 Å². The summed E-state index contributed by atoms with van der Waals surface area (Å²) in [4.78, 5) is 8.57. The predicted octanol–water partition coefficient (Wildman–Crippen LogP) is 2.62. The molecule has 0 spiro atoms. The minimum absolute atomic E-state index is 0.387. The first-order valence-electron chi connectivity index (χ1n) is 3.95. The Balaban J connectivity index is 4.16. The van der Waals surface area contributed by atoms with Crippen LogP contribution in [0.25, 0.3) is 0 Å². The fourth-order valence-electron chi connectivity index (χ4n) is 1.11. The molecule has 0 heterocycles. The van der Waals surface area contributed by atoms with Crippen LogP contribution in [0.3, 0.4) is 0 Å². The van der Waals surface area contributed by atoms with Crippen molar-refractivity contribution in [1.82, 2.24) is 0 Å². The van der Waals surface area contributed by atoms with E-state index in [1.807, 2.05) is 20.8 Å². The van der Waals surface area contributed by atoms with Crippen LogP contribution in [0.4, 0.5) is 0 Å². The predicted molar refractivity (Wildman–Crippen MR) is 44.5 cm³/mol. The second kappa shape index (κ2) is 4.81. The van der Waals surface area contributed by atoms with Gasteiger partial charge in [0.2, 0.25) is 0 Å². The molecule has 0 saturated heterocycles. The molecule has 3 nitrogen and oxygen atoms in total. The molecule has 0 bridgehead atoms. The minimum atomic E-state index is -2.46. The van der Waals surface area contributed by atoms with Crippen molar-refractivity contribution < 1.29 is 14.0 Å². The lowest BCUT2D eigenvalue weighted by atomic mass is 9.95. The molecular weight excluding hydrogens is 163 g/mol. The van der Waals surface area contributed by atoms with E-state index < -0.39 is 8.25 Å². The molecule has 1 N–H and O–H groups in total. The topological polar surface area (TPSA) is 46.5 Å². The zero-order valence-electron chi connectivity index (χ0n) is 7.33. The first kappa shape index (κ1) is 11.0. The summed E-state index contributed by atoms with van der Waals surface area (Å²) in [5.41, 5.74) is -0.387. The van der Waals surface area contributed by atoms with Crippen molar-refractivity contribution in [3.8, 4) is 0 Å². The van der Waals surface area contributed by atoms with Crippen LogP contribution in [0.1, 0.15) is 40.0 Å². The van der Waals surface area contributed by atoms with Crippen LogP contribution in [0.5, 0.6) is 0 Å². The second-order valence-corrected chi connectivity index (χ2v) is 3.23. The smallest absolute Gasteiger partial charge is 0.133 e.